The summed E-state index contributed by atoms with van der Waals surface area (Å²) in [7, 11) is -1.11. The van der Waals surface area contributed by atoms with Crippen molar-refractivity contribution in [2.45, 2.75) is 51.9 Å². The molecule has 2 aromatic heterocycles. The van der Waals surface area contributed by atoms with Crippen molar-refractivity contribution in [2.24, 2.45) is 0 Å². The molecule has 0 N–H and O–H groups in total. The standard InChI is InChI=1S/C15H22ClN3O3Si/c1-10-21-15(22-10)12-7-11-13(16)17-8-18-14(11)19(12)9-20-5-6-23(2,3)4/h7-8,10,15H,5-6,9H2,1-4H3. The van der Waals surface area contributed by atoms with E-state index in [4.69, 9.17) is 25.8 Å². The summed E-state index contributed by atoms with van der Waals surface area (Å²) in [5, 5.41) is 1.20. The van der Waals surface area contributed by atoms with E-state index in [2.05, 4.69) is 29.6 Å². The van der Waals surface area contributed by atoms with Crippen LogP contribution in [0.25, 0.3) is 11.0 Å². The second kappa shape index (κ2) is 6.49. The molecule has 1 saturated heterocycles. The van der Waals surface area contributed by atoms with Crippen molar-refractivity contribution in [3.05, 3.63) is 23.2 Å². The predicted octanol–water partition coefficient (Wildman–Crippen LogP) is 3.79. The predicted molar refractivity (Wildman–Crippen MR) is 91.0 cm³/mol. The monoisotopic (exact) mass is 355 g/mol. The lowest BCUT2D eigenvalue weighted by atomic mass is 10.3. The molecule has 0 aliphatic carbocycles. The highest BCUT2D eigenvalue weighted by atomic mass is 35.5. The molecule has 0 bridgehead atoms. The maximum atomic E-state index is 6.18. The molecule has 1 fully saturated rings. The zero-order valence-electron chi connectivity index (χ0n) is 13.9. The molecule has 23 heavy (non-hydrogen) atoms. The minimum atomic E-state index is -1.11. The van der Waals surface area contributed by atoms with Crippen molar-refractivity contribution >= 4 is 30.7 Å². The first-order chi connectivity index (χ1) is 10.8. The van der Waals surface area contributed by atoms with Crippen molar-refractivity contribution in [3.8, 4) is 0 Å². The molecule has 0 unspecified atom stereocenters. The lowest BCUT2D eigenvalue weighted by molar-refractivity contribution is -0.384. The van der Waals surface area contributed by atoms with Crippen molar-refractivity contribution in [3.63, 3.8) is 0 Å². The number of fused-ring (bicyclic) bond motifs is 1. The summed E-state index contributed by atoms with van der Waals surface area (Å²) >= 11 is 6.18. The van der Waals surface area contributed by atoms with E-state index >= 15 is 0 Å². The van der Waals surface area contributed by atoms with Crippen LogP contribution >= 0.6 is 11.6 Å². The number of hydrogen-bond acceptors (Lipinski definition) is 5. The Morgan fingerprint density at radius 3 is 2.70 bits per heavy atom. The number of ether oxygens (including phenoxy) is 3. The molecule has 0 aromatic carbocycles. The molecule has 126 valence electrons. The summed E-state index contributed by atoms with van der Waals surface area (Å²) in [5.41, 5.74) is 1.59. The molecule has 0 atom stereocenters. The smallest absolute Gasteiger partial charge is 0.204 e. The number of aromatic nitrogens is 3. The van der Waals surface area contributed by atoms with Crippen LogP contribution < -0.4 is 0 Å². The second-order valence-electron chi connectivity index (χ2n) is 6.92. The molecule has 0 saturated carbocycles. The van der Waals surface area contributed by atoms with Gasteiger partial charge in [-0.1, -0.05) is 31.2 Å². The Balaban J connectivity index is 1.81. The summed E-state index contributed by atoms with van der Waals surface area (Å²) in [6.45, 7) is 9.98. The van der Waals surface area contributed by atoms with Crippen LogP contribution in [-0.2, 0) is 20.9 Å². The normalized spacial score (nSPS) is 21.6. The average Bonchev–Trinajstić information content (AvgIpc) is 2.79. The van der Waals surface area contributed by atoms with Crippen LogP contribution in [0.15, 0.2) is 12.4 Å². The van der Waals surface area contributed by atoms with E-state index in [-0.39, 0.29) is 6.29 Å². The van der Waals surface area contributed by atoms with Crippen LogP contribution in [0.1, 0.15) is 18.9 Å². The zero-order chi connectivity index (χ0) is 16.6. The molecular formula is C15H22ClN3O3Si. The van der Waals surface area contributed by atoms with E-state index in [0.717, 1.165) is 29.4 Å². The molecule has 8 heteroatoms. The van der Waals surface area contributed by atoms with Gasteiger partial charge in [0.2, 0.25) is 6.29 Å². The highest BCUT2D eigenvalue weighted by Crippen LogP contribution is 2.35. The SMILES string of the molecule is CC1OC(c2cc3c(Cl)ncnc3n2COCC[Si](C)(C)C)O1. The summed E-state index contributed by atoms with van der Waals surface area (Å²) in [6.07, 6.45) is 0.856. The van der Waals surface area contributed by atoms with Crippen molar-refractivity contribution in [2.75, 3.05) is 6.61 Å². The topological polar surface area (TPSA) is 58.4 Å². The van der Waals surface area contributed by atoms with E-state index in [1.165, 1.54) is 6.33 Å². The highest BCUT2D eigenvalue weighted by Gasteiger charge is 2.32. The van der Waals surface area contributed by atoms with Crippen LogP contribution in [0.2, 0.25) is 30.8 Å². The van der Waals surface area contributed by atoms with Gasteiger partial charge in [0, 0.05) is 14.7 Å². The quantitative estimate of drug-likeness (QED) is 0.448. The molecule has 2 aromatic rings. The fraction of sp³-hybridized carbons (Fsp3) is 0.600. The van der Waals surface area contributed by atoms with Gasteiger partial charge in [-0.3, -0.25) is 0 Å². The van der Waals surface area contributed by atoms with Crippen molar-refractivity contribution in [1.82, 2.24) is 14.5 Å². The zero-order valence-corrected chi connectivity index (χ0v) is 15.6. The first-order valence-electron chi connectivity index (χ1n) is 7.73. The summed E-state index contributed by atoms with van der Waals surface area (Å²) in [5.74, 6) is 0. The first-order valence-corrected chi connectivity index (χ1v) is 11.8. The maximum absolute atomic E-state index is 6.18. The number of rotatable bonds is 6. The summed E-state index contributed by atoms with van der Waals surface area (Å²) in [6, 6.07) is 3.03. The third-order valence-electron chi connectivity index (χ3n) is 3.76. The molecule has 0 amide bonds. The van der Waals surface area contributed by atoms with Gasteiger partial charge in [0.15, 0.2) is 6.29 Å². The van der Waals surface area contributed by atoms with E-state index < -0.39 is 14.4 Å². The largest absolute Gasteiger partial charge is 0.361 e. The van der Waals surface area contributed by atoms with Gasteiger partial charge in [-0.15, -0.1) is 0 Å². The Morgan fingerprint density at radius 1 is 1.30 bits per heavy atom. The third-order valence-corrected chi connectivity index (χ3v) is 5.77. The minimum absolute atomic E-state index is 0.194. The van der Waals surface area contributed by atoms with Crippen molar-refractivity contribution in [1.29, 1.82) is 0 Å². The first kappa shape index (κ1) is 16.9. The van der Waals surface area contributed by atoms with Gasteiger partial charge in [-0.05, 0) is 19.0 Å². The molecule has 0 spiro atoms. The lowest BCUT2D eigenvalue weighted by Crippen LogP contribution is -2.33. The number of hydrogen-bond donors (Lipinski definition) is 0. The Morgan fingerprint density at radius 2 is 2.04 bits per heavy atom. The molecule has 1 aliphatic rings. The van der Waals surface area contributed by atoms with Crippen LogP contribution in [0.5, 0.6) is 0 Å². The summed E-state index contributed by atoms with van der Waals surface area (Å²) in [4.78, 5) is 8.37. The molecule has 3 heterocycles. The van der Waals surface area contributed by atoms with E-state index in [1.54, 1.807) is 0 Å². The Bertz CT molecular complexity index is 695. The highest BCUT2D eigenvalue weighted by molar-refractivity contribution is 6.76. The van der Waals surface area contributed by atoms with Crippen molar-refractivity contribution < 1.29 is 14.2 Å². The Labute approximate surface area is 141 Å². The summed E-state index contributed by atoms with van der Waals surface area (Å²) < 4.78 is 19.0. The van der Waals surface area contributed by atoms with Crippen LogP contribution in [0, 0.1) is 0 Å². The Kier molecular flexibility index (Phi) is 4.75. The molecule has 3 rings (SSSR count). The van der Waals surface area contributed by atoms with Gasteiger partial charge in [-0.25, -0.2) is 9.97 Å². The minimum Gasteiger partial charge on any atom is -0.361 e. The van der Waals surface area contributed by atoms with Crippen LogP contribution in [-0.4, -0.2) is 35.5 Å². The van der Waals surface area contributed by atoms with Gasteiger partial charge in [0.05, 0.1) is 11.1 Å². The van der Waals surface area contributed by atoms with E-state index in [0.29, 0.717) is 11.9 Å². The van der Waals surface area contributed by atoms with Gasteiger partial charge in [0.25, 0.3) is 0 Å². The van der Waals surface area contributed by atoms with Gasteiger partial charge in [0.1, 0.15) is 23.9 Å². The van der Waals surface area contributed by atoms with Crippen LogP contribution in [0.4, 0.5) is 0 Å². The number of nitrogens with zero attached hydrogens (tertiary/aromatic N) is 3. The fourth-order valence-corrected chi connectivity index (χ4v) is 3.36. The average molecular weight is 356 g/mol. The molecule has 6 nitrogen and oxygen atoms in total. The molecule has 1 aliphatic heterocycles. The number of halogens is 1. The third kappa shape index (κ3) is 3.75. The molecule has 0 radical (unpaired) electrons. The Hall–Kier alpha value is -0.993. The van der Waals surface area contributed by atoms with E-state index in [1.807, 2.05) is 17.6 Å². The van der Waals surface area contributed by atoms with Gasteiger partial charge in [-0.2, -0.15) is 0 Å². The molecular weight excluding hydrogens is 334 g/mol. The second-order valence-corrected chi connectivity index (χ2v) is 12.9. The van der Waals surface area contributed by atoms with Gasteiger partial charge >= 0.3 is 0 Å². The van der Waals surface area contributed by atoms with Crippen LogP contribution in [0.3, 0.4) is 0 Å². The van der Waals surface area contributed by atoms with E-state index in [9.17, 15) is 0 Å². The fourth-order valence-electron chi connectivity index (χ4n) is 2.42. The maximum Gasteiger partial charge on any atom is 0.204 e. The lowest BCUT2D eigenvalue weighted by Gasteiger charge is -2.34. The van der Waals surface area contributed by atoms with Gasteiger partial charge < -0.3 is 18.8 Å².